The van der Waals surface area contributed by atoms with Crippen molar-refractivity contribution in [2.24, 2.45) is 0 Å². The van der Waals surface area contributed by atoms with Gasteiger partial charge in [-0.1, -0.05) is 36.4 Å². The number of hydrogen-bond donors (Lipinski definition) is 1. The van der Waals surface area contributed by atoms with Gasteiger partial charge in [-0.05, 0) is 23.8 Å². The number of ether oxygens (including phenoxy) is 1. The van der Waals surface area contributed by atoms with Crippen LogP contribution in [0.3, 0.4) is 0 Å². The van der Waals surface area contributed by atoms with Crippen LogP contribution in [-0.4, -0.2) is 35.6 Å². The van der Waals surface area contributed by atoms with Crippen LogP contribution >= 0.6 is 0 Å². The number of urea groups is 1. The number of carbonyl (C=O) groups excluding carboxylic acids is 1. The summed E-state index contributed by atoms with van der Waals surface area (Å²) in [5.74, 6) is 0.525. The second-order valence-corrected chi connectivity index (χ2v) is 6.06. The summed E-state index contributed by atoms with van der Waals surface area (Å²) in [5.41, 5.74) is 2.60. The van der Waals surface area contributed by atoms with E-state index in [4.69, 9.17) is 9.15 Å². The van der Waals surface area contributed by atoms with E-state index < -0.39 is 0 Å². The summed E-state index contributed by atoms with van der Waals surface area (Å²) in [5, 5.41) is 2.95. The molecule has 2 heterocycles. The number of anilines is 1. The molecule has 1 fully saturated rings. The van der Waals surface area contributed by atoms with Gasteiger partial charge in [0.25, 0.3) is 0 Å². The third-order valence-electron chi connectivity index (χ3n) is 4.32. The zero-order valence-corrected chi connectivity index (χ0v) is 14.2. The van der Waals surface area contributed by atoms with Crippen molar-refractivity contribution in [3.05, 3.63) is 72.6 Å². The number of carbonyl (C=O) groups is 1. The van der Waals surface area contributed by atoms with Crippen LogP contribution in [0.2, 0.25) is 0 Å². The Kier molecular flexibility index (Phi) is 4.66. The number of benzene rings is 2. The Labute approximate surface area is 151 Å². The molecule has 0 aliphatic carbocycles. The van der Waals surface area contributed by atoms with Gasteiger partial charge in [0, 0.05) is 17.8 Å². The average molecular weight is 349 g/mol. The number of aromatic nitrogens is 1. The molecule has 1 atom stereocenters. The minimum absolute atomic E-state index is 0.102. The Morgan fingerprint density at radius 1 is 1.15 bits per heavy atom. The van der Waals surface area contributed by atoms with Gasteiger partial charge in [-0.2, -0.15) is 0 Å². The molecule has 1 aliphatic heterocycles. The Balaban J connectivity index is 1.44. The molecular weight excluding hydrogens is 330 g/mol. The van der Waals surface area contributed by atoms with Gasteiger partial charge in [0.05, 0.1) is 19.3 Å². The second-order valence-electron chi connectivity index (χ2n) is 6.06. The van der Waals surface area contributed by atoms with Crippen molar-refractivity contribution in [1.82, 2.24) is 9.88 Å². The Hall–Kier alpha value is -3.12. The molecule has 0 saturated carbocycles. The summed E-state index contributed by atoms with van der Waals surface area (Å²) in [7, 11) is 0. The highest BCUT2D eigenvalue weighted by Gasteiger charge is 2.25. The number of oxazole rings is 1. The molecular formula is C20H19N3O3. The topological polar surface area (TPSA) is 67.6 Å². The number of rotatable bonds is 3. The first-order valence-corrected chi connectivity index (χ1v) is 8.52. The lowest BCUT2D eigenvalue weighted by Crippen LogP contribution is -2.44. The predicted octanol–water partition coefficient (Wildman–Crippen LogP) is 3.95. The summed E-state index contributed by atoms with van der Waals surface area (Å²) in [6.45, 7) is 1.60. The smallest absolute Gasteiger partial charge is 0.322 e. The summed E-state index contributed by atoms with van der Waals surface area (Å²) >= 11 is 0. The van der Waals surface area contributed by atoms with E-state index in [1.54, 1.807) is 11.1 Å². The zero-order chi connectivity index (χ0) is 17.8. The maximum atomic E-state index is 12.7. The number of hydrogen-bond acceptors (Lipinski definition) is 4. The van der Waals surface area contributed by atoms with Gasteiger partial charge in [-0.3, -0.25) is 0 Å². The lowest BCUT2D eigenvalue weighted by Gasteiger charge is -2.33. The molecule has 6 heteroatoms. The van der Waals surface area contributed by atoms with Gasteiger partial charge in [-0.25, -0.2) is 9.78 Å². The molecule has 1 saturated heterocycles. The normalized spacial score (nSPS) is 17.1. The fourth-order valence-corrected chi connectivity index (χ4v) is 3.00. The van der Waals surface area contributed by atoms with Gasteiger partial charge < -0.3 is 19.4 Å². The van der Waals surface area contributed by atoms with Crippen LogP contribution in [0.15, 0.2) is 71.5 Å². The van der Waals surface area contributed by atoms with Crippen LogP contribution in [0.5, 0.6) is 0 Å². The Morgan fingerprint density at radius 3 is 2.85 bits per heavy atom. The first-order chi connectivity index (χ1) is 12.8. The van der Waals surface area contributed by atoms with Gasteiger partial charge in [-0.15, -0.1) is 0 Å². The molecule has 2 amide bonds. The van der Waals surface area contributed by atoms with E-state index in [1.165, 1.54) is 6.26 Å². The van der Waals surface area contributed by atoms with E-state index in [1.807, 2.05) is 54.6 Å². The predicted molar refractivity (Wildman–Crippen MR) is 97.7 cm³/mol. The minimum Gasteiger partial charge on any atom is -0.445 e. The van der Waals surface area contributed by atoms with Gasteiger partial charge in [0.2, 0.25) is 5.89 Å². The van der Waals surface area contributed by atoms with Crippen LogP contribution in [-0.2, 0) is 4.74 Å². The second kappa shape index (κ2) is 7.41. The first-order valence-electron chi connectivity index (χ1n) is 8.52. The minimum atomic E-state index is -0.140. The van der Waals surface area contributed by atoms with E-state index >= 15 is 0 Å². The van der Waals surface area contributed by atoms with E-state index in [0.29, 0.717) is 31.3 Å². The van der Waals surface area contributed by atoms with Crippen molar-refractivity contribution in [2.75, 3.05) is 25.0 Å². The molecule has 0 spiro atoms. The zero-order valence-electron chi connectivity index (χ0n) is 14.2. The molecule has 1 aromatic heterocycles. The van der Waals surface area contributed by atoms with E-state index in [0.717, 1.165) is 11.1 Å². The van der Waals surface area contributed by atoms with Gasteiger partial charge in [0.15, 0.2) is 0 Å². The quantitative estimate of drug-likeness (QED) is 0.777. The molecule has 0 unspecified atom stereocenters. The van der Waals surface area contributed by atoms with Crippen molar-refractivity contribution < 1.29 is 13.9 Å². The third-order valence-corrected chi connectivity index (χ3v) is 4.32. The van der Waals surface area contributed by atoms with E-state index in [-0.39, 0.29) is 12.1 Å². The summed E-state index contributed by atoms with van der Waals surface area (Å²) < 4.78 is 11.1. The fourth-order valence-electron chi connectivity index (χ4n) is 3.00. The highest BCUT2D eigenvalue weighted by atomic mass is 16.5. The van der Waals surface area contributed by atoms with Crippen LogP contribution in [0.4, 0.5) is 10.5 Å². The first kappa shape index (κ1) is 16.4. The molecule has 1 N–H and O–H groups in total. The fraction of sp³-hybridized carbons (Fsp3) is 0.200. The van der Waals surface area contributed by atoms with Crippen LogP contribution in [0.25, 0.3) is 11.5 Å². The maximum absolute atomic E-state index is 12.7. The summed E-state index contributed by atoms with van der Waals surface area (Å²) in [4.78, 5) is 18.6. The lowest BCUT2D eigenvalue weighted by atomic mass is 10.1. The van der Waals surface area contributed by atoms with Crippen molar-refractivity contribution in [3.63, 3.8) is 0 Å². The molecule has 26 heavy (non-hydrogen) atoms. The lowest BCUT2D eigenvalue weighted by molar-refractivity contribution is -0.0135. The monoisotopic (exact) mass is 349 g/mol. The number of nitrogens with one attached hydrogen (secondary N) is 1. The van der Waals surface area contributed by atoms with E-state index in [2.05, 4.69) is 10.3 Å². The Morgan fingerprint density at radius 2 is 2.04 bits per heavy atom. The maximum Gasteiger partial charge on any atom is 0.322 e. The molecule has 0 radical (unpaired) electrons. The average Bonchev–Trinajstić information content (AvgIpc) is 3.24. The summed E-state index contributed by atoms with van der Waals surface area (Å²) in [6, 6.07) is 17.3. The SMILES string of the molecule is O=C(Nc1cccc(-c2ncco2)c1)N1CCO[C@@H](c2ccccc2)C1. The van der Waals surface area contributed by atoms with Crippen LogP contribution in [0, 0.1) is 0 Å². The molecule has 132 valence electrons. The van der Waals surface area contributed by atoms with Gasteiger partial charge in [0.1, 0.15) is 12.4 Å². The van der Waals surface area contributed by atoms with Crippen molar-refractivity contribution in [3.8, 4) is 11.5 Å². The third kappa shape index (κ3) is 3.60. The van der Waals surface area contributed by atoms with Crippen molar-refractivity contribution in [1.29, 1.82) is 0 Å². The molecule has 1 aliphatic rings. The number of amides is 2. The largest absolute Gasteiger partial charge is 0.445 e. The molecule has 0 bridgehead atoms. The number of morpholine rings is 1. The molecule has 6 nitrogen and oxygen atoms in total. The number of nitrogens with zero attached hydrogens (tertiary/aromatic N) is 2. The highest BCUT2D eigenvalue weighted by Crippen LogP contribution is 2.24. The molecule has 2 aromatic carbocycles. The highest BCUT2D eigenvalue weighted by molar-refractivity contribution is 5.90. The van der Waals surface area contributed by atoms with Crippen molar-refractivity contribution in [2.45, 2.75) is 6.10 Å². The molecule has 4 rings (SSSR count). The van der Waals surface area contributed by atoms with Crippen molar-refractivity contribution >= 4 is 11.7 Å². The van der Waals surface area contributed by atoms with Crippen LogP contribution < -0.4 is 5.32 Å². The standard InChI is InChI=1S/C20H19N3O3/c24-20(22-17-8-4-7-16(13-17)19-21-9-11-26-19)23-10-12-25-18(14-23)15-5-2-1-3-6-15/h1-9,11,13,18H,10,12,14H2,(H,22,24)/t18-/m1/s1. The Bertz CT molecular complexity index is 865. The van der Waals surface area contributed by atoms with Gasteiger partial charge >= 0.3 is 6.03 Å². The van der Waals surface area contributed by atoms with Crippen LogP contribution in [0.1, 0.15) is 11.7 Å². The summed E-state index contributed by atoms with van der Waals surface area (Å²) in [6.07, 6.45) is 3.02. The molecule has 3 aromatic rings. The van der Waals surface area contributed by atoms with E-state index in [9.17, 15) is 4.79 Å².